The molecule has 1 aliphatic heterocycles. The molecule has 30 heavy (non-hydrogen) atoms. The summed E-state index contributed by atoms with van der Waals surface area (Å²) in [4.78, 5) is 29.2. The van der Waals surface area contributed by atoms with Crippen molar-refractivity contribution >= 4 is 45.7 Å². The summed E-state index contributed by atoms with van der Waals surface area (Å²) >= 11 is 1.27. The van der Waals surface area contributed by atoms with Gasteiger partial charge in [0.15, 0.2) is 0 Å². The maximum atomic E-state index is 13.0. The molecule has 0 aliphatic carbocycles. The highest BCUT2D eigenvalue weighted by Crippen LogP contribution is 2.32. The molecule has 1 aliphatic rings. The summed E-state index contributed by atoms with van der Waals surface area (Å²) in [5.41, 5.74) is 2.63. The van der Waals surface area contributed by atoms with Crippen molar-refractivity contribution in [3.63, 3.8) is 0 Å². The molecule has 0 saturated carbocycles. The minimum Gasteiger partial charge on any atom is -0.466 e. The Labute approximate surface area is 178 Å². The van der Waals surface area contributed by atoms with Gasteiger partial charge in [-0.25, -0.2) is 9.38 Å². The lowest BCUT2D eigenvalue weighted by atomic mass is 10.2. The molecule has 8 heteroatoms. The van der Waals surface area contributed by atoms with Crippen LogP contribution in [-0.4, -0.2) is 28.8 Å². The molecule has 2 N–H and O–H groups in total. The Morgan fingerprint density at radius 1 is 1.20 bits per heavy atom. The van der Waals surface area contributed by atoms with Gasteiger partial charge in [-0.3, -0.25) is 9.59 Å². The Morgan fingerprint density at radius 2 is 1.93 bits per heavy atom. The lowest BCUT2D eigenvalue weighted by Crippen LogP contribution is -2.23. The molecular weight excluding hydrogens is 405 g/mol. The topological polar surface area (TPSA) is 79.8 Å². The lowest BCUT2D eigenvalue weighted by Gasteiger charge is -2.12. The van der Waals surface area contributed by atoms with E-state index in [4.69, 9.17) is 4.74 Å². The number of esters is 1. The largest absolute Gasteiger partial charge is 0.466 e. The van der Waals surface area contributed by atoms with E-state index in [0.29, 0.717) is 28.7 Å². The van der Waals surface area contributed by atoms with Crippen molar-refractivity contribution in [2.24, 2.45) is 4.99 Å². The third-order valence-electron chi connectivity index (χ3n) is 4.15. The Kier molecular flexibility index (Phi) is 7.24. The minimum absolute atomic E-state index is 0.0674. The first-order chi connectivity index (χ1) is 14.4. The SMILES string of the molecule is CCOC(=O)CC1=CC(SC(C)C(=O)Nc2ccc(F)cc2)=Nc2ccccc2N1. The van der Waals surface area contributed by atoms with Crippen molar-refractivity contribution in [2.75, 3.05) is 17.2 Å². The predicted octanol–water partition coefficient (Wildman–Crippen LogP) is 4.88. The summed E-state index contributed by atoms with van der Waals surface area (Å²) in [7, 11) is 0. The van der Waals surface area contributed by atoms with Crippen molar-refractivity contribution < 1.29 is 18.7 Å². The van der Waals surface area contributed by atoms with Gasteiger partial charge in [0.05, 0.1) is 34.7 Å². The van der Waals surface area contributed by atoms with Crippen molar-refractivity contribution in [1.82, 2.24) is 0 Å². The highest BCUT2D eigenvalue weighted by molar-refractivity contribution is 8.15. The van der Waals surface area contributed by atoms with Crippen LogP contribution in [-0.2, 0) is 14.3 Å². The standard InChI is InChI=1S/C22H22FN3O3S/c1-3-29-21(27)13-17-12-20(26-19-7-5-4-6-18(19)24-17)30-14(2)22(28)25-16-10-8-15(23)9-11-16/h4-12,14,24H,3,13H2,1-2H3,(H,25,28). The number of para-hydroxylation sites is 2. The summed E-state index contributed by atoms with van der Waals surface area (Å²) in [5.74, 6) is -0.948. The van der Waals surface area contributed by atoms with Crippen LogP contribution in [0.25, 0.3) is 0 Å². The molecule has 2 aromatic carbocycles. The van der Waals surface area contributed by atoms with Crippen LogP contribution in [0.2, 0.25) is 0 Å². The number of carbonyl (C=O) groups excluding carboxylic acids is 2. The monoisotopic (exact) mass is 427 g/mol. The second kappa shape index (κ2) is 10.1. The van der Waals surface area contributed by atoms with E-state index in [1.807, 2.05) is 24.3 Å². The van der Waals surface area contributed by atoms with Gasteiger partial charge in [0, 0.05) is 11.4 Å². The van der Waals surface area contributed by atoms with E-state index < -0.39 is 5.25 Å². The summed E-state index contributed by atoms with van der Waals surface area (Å²) in [6.45, 7) is 3.82. The lowest BCUT2D eigenvalue weighted by molar-refractivity contribution is -0.142. The predicted molar refractivity (Wildman–Crippen MR) is 119 cm³/mol. The third-order valence-corrected chi connectivity index (χ3v) is 5.16. The quantitative estimate of drug-likeness (QED) is 0.643. The molecule has 1 heterocycles. The third kappa shape index (κ3) is 5.93. The molecule has 156 valence electrons. The fourth-order valence-electron chi connectivity index (χ4n) is 2.72. The van der Waals surface area contributed by atoms with Gasteiger partial charge in [0.25, 0.3) is 0 Å². The second-order valence-electron chi connectivity index (χ2n) is 6.50. The van der Waals surface area contributed by atoms with Gasteiger partial charge in [-0.05, 0) is 56.3 Å². The number of rotatable bonds is 6. The molecule has 0 fully saturated rings. The van der Waals surface area contributed by atoms with E-state index in [0.717, 1.165) is 5.69 Å². The number of nitrogens with zero attached hydrogens (tertiary/aromatic N) is 1. The smallest absolute Gasteiger partial charge is 0.311 e. The van der Waals surface area contributed by atoms with Crippen LogP contribution >= 0.6 is 11.8 Å². The van der Waals surface area contributed by atoms with Crippen molar-refractivity contribution in [3.05, 3.63) is 66.1 Å². The van der Waals surface area contributed by atoms with Gasteiger partial charge in [0.1, 0.15) is 5.82 Å². The second-order valence-corrected chi connectivity index (χ2v) is 7.86. The molecule has 1 atom stereocenters. The van der Waals surface area contributed by atoms with Crippen LogP contribution in [0.5, 0.6) is 0 Å². The number of aliphatic imine (C=N–C) groups is 1. The Bertz CT molecular complexity index is 989. The first-order valence-electron chi connectivity index (χ1n) is 9.48. The highest BCUT2D eigenvalue weighted by atomic mass is 32.2. The molecule has 1 unspecified atom stereocenters. The average molecular weight is 428 g/mol. The first-order valence-corrected chi connectivity index (χ1v) is 10.4. The highest BCUT2D eigenvalue weighted by Gasteiger charge is 2.20. The van der Waals surface area contributed by atoms with E-state index in [1.165, 1.54) is 36.0 Å². The molecule has 1 amide bonds. The van der Waals surface area contributed by atoms with Crippen LogP contribution < -0.4 is 10.6 Å². The molecule has 0 aromatic heterocycles. The Balaban J connectivity index is 1.76. The van der Waals surface area contributed by atoms with Gasteiger partial charge in [-0.1, -0.05) is 23.9 Å². The van der Waals surface area contributed by atoms with Crippen LogP contribution in [0.1, 0.15) is 20.3 Å². The van der Waals surface area contributed by atoms with Crippen molar-refractivity contribution in [1.29, 1.82) is 0 Å². The van der Waals surface area contributed by atoms with Crippen molar-refractivity contribution in [2.45, 2.75) is 25.5 Å². The number of hydrogen-bond acceptors (Lipinski definition) is 6. The van der Waals surface area contributed by atoms with Crippen LogP contribution in [0.4, 0.5) is 21.5 Å². The van der Waals surface area contributed by atoms with Gasteiger partial charge in [-0.2, -0.15) is 0 Å². The minimum atomic E-state index is -0.473. The summed E-state index contributed by atoms with van der Waals surface area (Å²) in [5, 5.41) is 6.10. The Morgan fingerprint density at radius 3 is 2.67 bits per heavy atom. The summed E-state index contributed by atoms with van der Waals surface area (Å²) in [6.07, 6.45) is 1.82. The van der Waals surface area contributed by atoms with Crippen LogP contribution in [0.15, 0.2) is 65.3 Å². The summed E-state index contributed by atoms with van der Waals surface area (Å²) in [6, 6.07) is 13.1. The van der Waals surface area contributed by atoms with E-state index >= 15 is 0 Å². The van der Waals surface area contributed by atoms with E-state index in [9.17, 15) is 14.0 Å². The van der Waals surface area contributed by atoms with Gasteiger partial charge in [-0.15, -0.1) is 0 Å². The maximum absolute atomic E-state index is 13.0. The number of benzene rings is 2. The fraction of sp³-hybridized carbons (Fsp3) is 0.227. The number of halogens is 1. The zero-order valence-electron chi connectivity index (χ0n) is 16.6. The van der Waals surface area contributed by atoms with E-state index in [1.54, 1.807) is 19.9 Å². The molecular formula is C22H22FN3O3S. The molecule has 2 aromatic rings. The number of fused-ring (bicyclic) bond motifs is 1. The van der Waals surface area contributed by atoms with Gasteiger partial charge >= 0.3 is 5.97 Å². The number of hydrogen-bond donors (Lipinski definition) is 2. The van der Waals surface area contributed by atoms with E-state index in [-0.39, 0.29) is 24.1 Å². The number of anilines is 2. The van der Waals surface area contributed by atoms with Crippen molar-refractivity contribution in [3.8, 4) is 0 Å². The maximum Gasteiger partial charge on any atom is 0.311 e. The number of ether oxygens (including phenoxy) is 1. The van der Waals surface area contributed by atoms with Gasteiger partial charge in [0.2, 0.25) is 5.91 Å². The number of thioether (sulfide) groups is 1. The van der Waals surface area contributed by atoms with E-state index in [2.05, 4.69) is 15.6 Å². The van der Waals surface area contributed by atoms with Crippen LogP contribution in [0, 0.1) is 5.82 Å². The van der Waals surface area contributed by atoms with Gasteiger partial charge < -0.3 is 15.4 Å². The number of amides is 1. The molecule has 3 rings (SSSR count). The normalized spacial score (nSPS) is 13.7. The fourth-order valence-corrected chi connectivity index (χ4v) is 3.61. The molecule has 6 nitrogen and oxygen atoms in total. The van der Waals surface area contributed by atoms with Crippen LogP contribution in [0.3, 0.4) is 0 Å². The molecule has 0 radical (unpaired) electrons. The molecule has 0 bridgehead atoms. The summed E-state index contributed by atoms with van der Waals surface area (Å²) < 4.78 is 18.1. The zero-order chi connectivity index (χ0) is 21.5. The first kappa shape index (κ1) is 21.6. The average Bonchev–Trinajstić information content (AvgIpc) is 2.88. The molecule has 0 saturated heterocycles. The Hall–Kier alpha value is -3.13. The zero-order valence-corrected chi connectivity index (χ0v) is 17.5. The number of nitrogens with one attached hydrogen (secondary N) is 2. The molecule has 0 spiro atoms. The number of carbonyl (C=O) groups is 2.